The van der Waals surface area contributed by atoms with Crippen molar-refractivity contribution in [1.29, 1.82) is 0 Å². The third-order valence-corrected chi connectivity index (χ3v) is 1.63. The lowest BCUT2D eigenvalue weighted by atomic mass is 10.2. The molecule has 0 bridgehead atoms. The lowest BCUT2D eigenvalue weighted by Gasteiger charge is -2.17. The summed E-state index contributed by atoms with van der Waals surface area (Å²) in [6.45, 7) is 10.6. The van der Waals surface area contributed by atoms with Gasteiger partial charge in [0.15, 0.2) is 0 Å². The van der Waals surface area contributed by atoms with Gasteiger partial charge in [0, 0.05) is 0 Å². The number of hydrogen-bond donors (Lipinski definition) is 0. The Balaban J connectivity index is 3.54. The van der Waals surface area contributed by atoms with Crippen LogP contribution in [-0.2, 0) is 4.74 Å². The summed E-state index contributed by atoms with van der Waals surface area (Å²) in [7, 11) is -0.262. The lowest BCUT2D eigenvalue weighted by Crippen LogP contribution is -2.15. The molecule has 1 nitrogen and oxygen atoms in total. The van der Waals surface area contributed by atoms with Crippen molar-refractivity contribution in [2.24, 2.45) is 0 Å². The molecule has 0 aliphatic carbocycles. The normalized spacial score (nSPS) is 13.0. The molecule has 1 radical (unpaired) electrons. The van der Waals surface area contributed by atoms with Crippen molar-refractivity contribution >= 4 is 8.80 Å². The molecule has 0 aromatic rings. The molecule has 59 valence electrons. The van der Waals surface area contributed by atoms with E-state index in [9.17, 15) is 0 Å². The minimum atomic E-state index is -0.262. The van der Waals surface area contributed by atoms with E-state index in [1.807, 2.05) is 6.26 Å². The summed E-state index contributed by atoms with van der Waals surface area (Å²) in [6, 6.07) is 0. The highest BCUT2D eigenvalue weighted by molar-refractivity contribution is 6.61. The molecular weight excluding hydrogens is 140 g/mol. The second-order valence-electron chi connectivity index (χ2n) is 3.61. The van der Waals surface area contributed by atoms with Gasteiger partial charge in [-0.15, -0.1) is 0 Å². The van der Waals surface area contributed by atoms with Gasteiger partial charge in [0.2, 0.25) is 0 Å². The van der Waals surface area contributed by atoms with Crippen molar-refractivity contribution in [3.8, 4) is 0 Å². The van der Waals surface area contributed by atoms with Crippen LogP contribution in [0.4, 0.5) is 0 Å². The van der Waals surface area contributed by atoms with Crippen LogP contribution in [0.5, 0.6) is 0 Å². The molecule has 0 unspecified atom stereocenters. The van der Waals surface area contributed by atoms with E-state index in [-0.39, 0.29) is 14.4 Å². The Morgan fingerprint density at radius 1 is 1.20 bits per heavy atom. The van der Waals surface area contributed by atoms with Gasteiger partial charge in [0.1, 0.15) is 0 Å². The van der Waals surface area contributed by atoms with Gasteiger partial charge < -0.3 is 4.74 Å². The van der Waals surface area contributed by atoms with Gasteiger partial charge in [0.05, 0.1) is 20.7 Å². The van der Waals surface area contributed by atoms with Crippen molar-refractivity contribution in [1.82, 2.24) is 0 Å². The van der Waals surface area contributed by atoms with E-state index in [0.717, 1.165) is 0 Å². The molecule has 0 aliphatic heterocycles. The second-order valence-corrected chi connectivity index (χ2v) is 6.10. The summed E-state index contributed by atoms with van der Waals surface area (Å²) in [5.74, 6) is 0. The van der Waals surface area contributed by atoms with Crippen LogP contribution in [0.1, 0.15) is 20.8 Å². The van der Waals surface area contributed by atoms with Crippen LogP contribution >= 0.6 is 0 Å². The molecule has 2 heteroatoms. The van der Waals surface area contributed by atoms with E-state index in [4.69, 9.17) is 4.74 Å². The van der Waals surface area contributed by atoms with Crippen molar-refractivity contribution in [2.75, 3.05) is 0 Å². The molecule has 0 atom stereocenters. The molecule has 0 aliphatic rings. The Morgan fingerprint density at radius 3 is 2.00 bits per heavy atom. The van der Waals surface area contributed by atoms with E-state index in [1.165, 1.54) is 0 Å². The smallest absolute Gasteiger partial charge is 0.0997 e. The van der Waals surface area contributed by atoms with Crippen molar-refractivity contribution in [3.05, 3.63) is 12.0 Å². The molecule has 0 aromatic carbocycles. The fourth-order valence-electron chi connectivity index (χ4n) is 0.374. The summed E-state index contributed by atoms with van der Waals surface area (Å²) in [5.41, 5.74) is 2.11. The maximum absolute atomic E-state index is 5.39. The maximum Gasteiger partial charge on any atom is 0.0997 e. The van der Waals surface area contributed by atoms with E-state index in [1.54, 1.807) is 0 Å². The topological polar surface area (TPSA) is 9.23 Å². The largest absolute Gasteiger partial charge is 0.497 e. The monoisotopic (exact) mass is 157 g/mol. The fourth-order valence-corrected chi connectivity index (χ4v) is 0.714. The number of ether oxygens (including phenoxy) is 1. The average Bonchev–Trinajstić information content (AvgIpc) is 1.59. The van der Waals surface area contributed by atoms with Crippen LogP contribution in [0.2, 0.25) is 13.1 Å². The zero-order valence-electron chi connectivity index (χ0n) is 7.56. The SMILES string of the molecule is C[Si](C)C=COC(C)(C)C. The Bertz CT molecular complexity index is 111. The van der Waals surface area contributed by atoms with Gasteiger partial charge in [-0.3, -0.25) is 0 Å². The molecule has 0 N–H and O–H groups in total. The van der Waals surface area contributed by atoms with Gasteiger partial charge in [-0.1, -0.05) is 18.8 Å². The van der Waals surface area contributed by atoms with E-state index in [2.05, 4.69) is 39.6 Å². The summed E-state index contributed by atoms with van der Waals surface area (Å²) < 4.78 is 5.39. The van der Waals surface area contributed by atoms with Crippen molar-refractivity contribution in [2.45, 2.75) is 39.5 Å². The molecule has 0 fully saturated rings. The van der Waals surface area contributed by atoms with Crippen molar-refractivity contribution < 1.29 is 4.74 Å². The standard InChI is InChI=1S/C8H17OSi/c1-8(2,3)9-6-7-10(4)5/h6-7H,1-5H3. The van der Waals surface area contributed by atoms with Gasteiger partial charge in [-0.2, -0.15) is 0 Å². The molecule has 0 aromatic heterocycles. The Kier molecular flexibility index (Phi) is 3.72. The average molecular weight is 157 g/mol. The van der Waals surface area contributed by atoms with E-state index >= 15 is 0 Å². The number of hydrogen-bond acceptors (Lipinski definition) is 1. The van der Waals surface area contributed by atoms with Crippen LogP contribution in [0.3, 0.4) is 0 Å². The first-order chi connectivity index (χ1) is 4.42. The minimum absolute atomic E-state index is 0.0339. The lowest BCUT2D eigenvalue weighted by molar-refractivity contribution is 0.0770. The van der Waals surface area contributed by atoms with Crippen LogP contribution in [0.15, 0.2) is 12.0 Å². The molecule has 0 spiro atoms. The maximum atomic E-state index is 5.39. The van der Waals surface area contributed by atoms with Crippen molar-refractivity contribution in [3.63, 3.8) is 0 Å². The minimum Gasteiger partial charge on any atom is -0.497 e. The van der Waals surface area contributed by atoms with E-state index in [0.29, 0.717) is 0 Å². The van der Waals surface area contributed by atoms with Crippen LogP contribution in [0, 0.1) is 0 Å². The second kappa shape index (κ2) is 3.81. The zero-order chi connectivity index (χ0) is 8.20. The molecule has 10 heavy (non-hydrogen) atoms. The van der Waals surface area contributed by atoms with Gasteiger partial charge in [-0.25, -0.2) is 0 Å². The highest BCUT2D eigenvalue weighted by Crippen LogP contribution is 2.06. The molecule has 0 heterocycles. The van der Waals surface area contributed by atoms with Gasteiger partial charge >= 0.3 is 0 Å². The zero-order valence-corrected chi connectivity index (χ0v) is 8.56. The van der Waals surface area contributed by atoms with Crippen LogP contribution < -0.4 is 0 Å². The van der Waals surface area contributed by atoms with Gasteiger partial charge in [-0.05, 0) is 20.8 Å². The fraction of sp³-hybridized carbons (Fsp3) is 0.750. The highest BCUT2D eigenvalue weighted by atomic mass is 28.3. The quantitative estimate of drug-likeness (QED) is 0.442. The number of rotatable bonds is 2. The predicted molar refractivity (Wildman–Crippen MR) is 47.5 cm³/mol. The summed E-state index contributed by atoms with van der Waals surface area (Å²) in [5, 5.41) is 0. The third kappa shape index (κ3) is 7.76. The van der Waals surface area contributed by atoms with Crippen LogP contribution in [0.25, 0.3) is 0 Å². The molecule has 0 rings (SSSR count). The first-order valence-corrected chi connectivity index (χ1v) is 6.14. The van der Waals surface area contributed by atoms with Gasteiger partial charge in [0.25, 0.3) is 0 Å². The molecule has 0 saturated heterocycles. The Morgan fingerprint density at radius 2 is 1.70 bits per heavy atom. The summed E-state index contributed by atoms with van der Waals surface area (Å²) in [6.07, 6.45) is 1.83. The first-order valence-electron chi connectivity index (χ1n) is 3.56. The summed E-state index contributed by atoms with van der Waals surface area (Å²) >= 11 is 0. The van der Waals surface area contributed by atoms with E-state index < -0.39 is 0 Å². The highest BCUT2D eigenvalue weighted by Gasteiger charge is 2.06. The molecule has 0 saturated carbocycles. The first kappa shape index (κ1) is 9.76. The molecular formula is C8H17OSi. The summed E-state index contributed by atoms with van der Waals surface area (Å²) in [4.78, 5) is 0. The predicted octanol–water partition coefficient (Wildman–Crippen LogP) is 2.61. The molecule has 0 amide bonds. The van der Waals surface area contributed by atoms with Crippen LogP contribution in [-0.4, -0.2) is 14.4 Å². The Hall–Kier alpha value is -0.243. The third-order valence-electron chi connectivity index (χ3n) is 0.823. The Labute approximate surface area is 65.7 Å².